The number of hydrogen-bond donors (Lipinski definition) is 0. The molecule has 3 aliphatic heterocycles. The fourth-order valence-electron chi connectivity index (χ4n) is 13.2. The van der Waals surface area contributed by atoms with Crippen molar-refractivity contribution in [3.63, 3.8) is 0 Å². The van der Waals surface area contributed by atoms with E-state index in [0.29, 0.717) is 47.2 Å². The third kappa shape index (κ3) is 11.1. The van der Waals surface area contributed by atoms with Crippen LogP contribution in [0, 0.1) is 23.7 Å². The minimum atomic E-state index is -2.63. The maximum Gasteiger partial charge on any atom is 0.263 e. The summed E-state index contributed by atoms with van der Waals surface area (Å²) in [6, 6.07) is 32.4. The number of hydrogen-bond acceptors (Lipinski definition) is 9. The third-order valence-electron chi connectivity index (χ3n) is 18.1. The Bertz CT molecular complexity index is 3300. The van der Waals surface area contributed by atoms with Crippen LogP contribution in [-0.2, 0) is 0 Å². The van der Waals surface area contributed by atoms with Gasteiger partial charge >= 0.3 is 0 Å². The van der Waals surface area contributed by atoms with Gasteiger partial charge in [-0.3, -0.25) is 29.0 Å². The lowest BCUT2D eigenvalue weighted by molar-refractivity contribution is 0.0609. The molecule has 0 aliphatic carbocycles. The number of thiophene rings is 5. The van der Waals surface area contributed by atoms with Crippen molar-refractivity contribution in [2.45, 2.75) is 170 Å². The van der Waals surface area contributed by atoms with Gasteiger partial charge < -0.3 is 0 Å². The molecule has 3 aliphatic rings. The van der Waals surface area contributed by atoms with E-state index < -0.39 is 8.07 Å². The first-order valence-corrected chi connectivity index (χ1v) is 37.0. The van der Waals surface area contributed by atoms with Crippen molar-refractivity contribution < 1.29 is 19.2 Å². The van der Waals surface area contributed by atoms with Crippen LogP contribution in [0.15, 0.2) is 84.9 Å². The Morgan fingerprint density at radius 2 is 0.738 bits per heavy atom. The monoisotopic (exact) mass is 1180 g/mol. The maximum absolute atomic E-state index is 15.3. The van der Waals surface area contributed by atoms with Gasteiger partial charge in [0.25, 0.3) is 23.6 Å². The quantitative estimate of drug-likeness (QED) is 0.0346. The molecule has 0 N–H and O–H groups in total. The molecular formula is C68H82N2O4S5Si. The van der Waals surface area contributed by atoms with Gasteiger partial charge in [-0.1, -0.05) is 206 Å². The number of unbranched alkanes of at least 4 members (excludes halogenated alkanes) is 4. The van der Waals surface area contributed by atoms with Crippen LogP contribution in [-0.4, -0.2) is 54.6 Å². The second-order valence-corrected chi connectivity index (χ2v) is 32.5. The Hall–Kier alpha value is -4.56. The number of carbonyl (C=O) groups is 4. The van der Waals surface area contributed by atoms with Gasteiger partial charge in [0.15, 0.2) is 0 Å². The van der Waals surface area contributed by atoms with E-state index in [9.17, 15) is 4.79 Å². The Morgan fingerprint density at radius 1 is 0.375 bits per heavy atom. The van der Waals surface area contributed by atoms with Crippen LogP contribution in [0.25, 0.3) is 59.9 Å². The highest BCUT2D eigenvalue weighted by atomic mass is 32.1. The van der Waals surface area contributed by atoms with Gasteiger partial charge in [-0.05, 0) is 94.4 Å². The topological polar surface area (TPSA) is 74.8 Å². The van der Waals surface area contributed by atoms with E-state index >= 15 is 14.4 Å². The van der Waals surface area contributed by atoms with Crippen molar-refractivity contribution in [2.24, 2.45) is 23.7 Å². The van der Waals surface area contributed by atoms with Crippen molar-refractivity contribution >= 4 is 98.8 Å². The lowest BCUT2D eigenvalue weighted by Gasteiger charge is -2.35. The molecule has 0 saturated heterocycles. The van der Waals surface area contributed by atoms with Crippen LogP contribution in [0.5, 0.6) is 0 Å². The molecule has 10 rings (SSSR count). The second-order valence-electron chi connectivity index (χ2n) is 23.2. The SMILES string of the molecule is CCCCC(CC)CN1C(=O)c2c(-c3ccccc3)sc(-c3cc4c(s3)-c3sc(-c5sc(-c6ccc(-c7ccccc7)s6)c6c5C(=O)N(CC(CC)CCCC)C6=O)cc3[Si]4(CC(CC)CCCC)CC(CC)CCCC)c2C1=O. The van der Waals surface area contributed by atoms with Gasteiger partial charge in [0.05, 0.1) is 36.9 Å². The minimum Gasteiger partial charge on any atom is -0.274 e. The molecule has 0 spiro atoms. The van der Waals surface area contributed by atoms with E-state index in [-0.39, 0.29) is 35.5 Å². The molecule has 6 nitrogen and oxygen atoms in total. The Labute approximate surface area is 498 Å². The van der Waals surface area contributed by atoms with Gasteiger partial charge in [0.1, 0.15) is 8.07 Å². The van der Waals surface area contributed by atoms with Crippen LogP contribution in [0.4, 0.5) is 0 Å². The summed E-state index contributed by atoms with van der Waals surface area (Å²) in [5.41, 5.74) is 4.45. The molecule has 0 saturated carbocycles. The minimum absolute atomic E-state index is 0.144. The zero-order valence-electron chi connectivity index (χ0n) is 48.6. The number of nitrogens with zero attached hydrogens (tertiary/aromatic N) is 2. The first kappa shape index (κ1) is 58.6. The summed E-state index contributed by atoms with van der Waals surface area (Å²) >= 11 is 8.66. The van der Waals surface area contributed by atoms with Gasteiger partial charge in [-0.25, -0.2) is 0 Å². The van der Waals surface area contributed by atoms with Gasteiger partial charge in [0, 0.05) is 47.2 Å². The fourth-order valence-corrected chi connectivity index (χ4v) is 27.5. The zero-order valence-corrected chi connectivity index (χ0v) is 53.7. The molecule has 12 heteroatoms. The summed E-state index contributed by atoms with van der Waals surface area (Å²) in [6.07, 6.45) is 17.5. The smallest absolute Gasteiger partial charge is 0.263 e. The predicted octanol–water partition coefficient (Wildman–Crippen LogP) is 19.9. The molecule has 0 fully saturated rings. The normalized spacial score (nSPS) is 17.1. The molecule has 0 radical (unpaired) electrons. The highest BCUT2D eigenvalue weighted by molar-refractivity contribution is 7.34. The molecule has 7 aromatic rings. The Morgan fingerprint density at radius 3 is 1.15 bits per heavy atom. The summed E-state index contributed by atoms with van der Waals surface area (Å²) in [5.74, 6) is 1.03. The fraction of sp³-hybridized carbons (Fsp3) is 0.471. The summed E-state index contributed by atoms with van der Waals surface area (Å²) < 4.78 is 0. The number of amides is 4. The molecule has 0 bridgehead atoms. The van der Waals surface area contributed by atoms with E-state index in [2.05, 4.69) is 116 Å². The summed E-state index contributed by atoms with van der Waals surface area (Å²) in [7, 11) is -2.63. The molecule has 2 aromatic carbocycles. The van der Waals surface area contributed by atoms with Crippen LogP contribution in [0.2, 0.25) is 12.1 Å². The standard InChI is InChI=1S/C68H82N2O4S5Si/c1-9-17-27-43(13-5)39-69-65(71)55-56(66(69)72)61(78-59(55)48-33-25-22-26-34-48)51-37-53-63(76-51)64-54(80(53,41-45(15-7)29-19-11-3)42-46(16-8)30-20-12-4)38-52(77-64)62-58-57(67(73)70(68(58)74)40-44(14-6)28-18-10-2)60(79-62)50-36-35-49(75-50)47-31-23-21-24-32-47/h21-26,31-38,43-46H,9-20,27-30,39-42H2,1-8H3. The lowest BCUT2D eigenvalue weighted by atomic mass is 9.99. The van der Waals surface area contributed by atoms with E-state index in [1.165, 1.54) is 58.7 Å². The third-order valence-corrected chi connectivity index (χ3v) is 30.4. The number of benzene rings is 2. The highest BCUT2D eigenvalue weighted by Gasteiger charge is 2.52. The summed E-state index contributed by atoms with van der Waals surface area (Å²) in [5, 5.41) is 3.02. The van der Waals surface area contributed by atoms with Gasteiger partial charge in [-0.15, -0.1) is 56.7 Å². The molecule has 5 aromatic heterocycles. The van der Waals surface area contributed by atoms with E-state index in [1.54, 1.807) is 43.8 Å². The zero-order chi connectivity index (χ0) is 56.2. The highest BCUT2D eigenvalue weighted by Crippen LogP contribution is 2.56. The van der Waals surface area contributed by atoms with Crippen molar-refractivity contribution in [2.75, 3.05) is 13.1 Å². The van der Waals surface area contributed by atoms with E-state index in [4.69, 9.17) is 0 Å². The summed E-state index contributed by atoms with van der Waals surface area (Å²) in [4.78, 5) is 74.3. The van der Waals surface area contributed by atoms with Gasteiger partial charge in [-0.2, -0.15) is 0 Å². The molecule has 4 atom stereocenters. The number of imide groups is 2. The van der Waals surface area contributed by atoms with Crippen LogP contribution in [0.1, 0.15) is 200 Å². The van der Waals surface area contributed by atoms with Crippen molar-refractivity contribution in [3.05, 3.63) is 107 Å². The Kier molecular flexibility index (Phi) is 19.0. The predicted molar refractivity (Wildman–Crippen MR) is 347 cm³/mol. The maximum atomic E-state index is 15.3. The molecule has 4 unspecified atom stereocenters. The first-order valence-electron chi connectivity index (χ1n) is 30.5. The molecular weight excluding hydrogens is 1100 g/mol. The van der Waals surface area contributed by atoms with Crippen molar-refractivity contribution in [1.29, 1.82) is 0 Å². The molecule has 80 heavy (non-hydrogen) atoms. The molecule has 4 amide bonds. The number of carbonyl (C=O) groups excluding carboxylic acids is 4. The average Bonchev–Trinajstić information content (AvgIpc) is 4.54. The largest absolute Gasteiger partial charge is 0.274 e. The van der Waals surface area contributed by atoms with Crippen LogP contribution >= 0.6 is 56.7 Å². The van der Waals surface area contributed by atoms with Crippen LogP contribution in [0.3, 0.4) is 0 Å². The first-order chi connectivity index (χ1) is 39.0. The van der Waals surface area contributed by atoms with Crippen LogP contribution < -0.4 is 10.4 Å². The molecule has 8 heterocycles. The van der Waals surface area contributed by atoms with Crippen molar-refractivity contribution in [1.82, 2.24) is 9.80 Å². The number of fused-ring (bicyclic) bond motifs is 5. The average molecular weight is 1180 g/mol. The molecule has 422 valence electrons. The van der Waals surface area contributed by atoms with Crippen molar-refractivity contribution in [3.8, 4) is 59.9 Å². The van der Waals surface area contributed by atoms with E-state index in [0.717, 1.165) is 126 Å². The lowest BCUT2D eigenvalue weighted by Crippen LogP contribution is -2.56. The van der Waals surface area contributed by atoms with E-state index in [1.807, 2.05) is 46.9 Å². The Balaban J connectivity index is 1.17. The second kappa shape index (κ2) is 25.9. The number of rotatable bonds is 29. The van der Waals surface area contributed by atoms with Gasteiger partial charge in [0.2, 0.25) is 0 Å². The summed E-state index contributed by atoms with van der Waals surface area (Å²) in [6.45, 7) is 19.1.